The molecule has 1 fully saturated rings. The molecule has 0 radical (unpaired) electrons. The Balaban J connectivity index is 1.63. The van der Waals surface area contributed by atoms with Crippen LogP contribution in [0.1, 0.15) is 23.2 Å². The Morgan fingerprint density at radius 1 is 1.04 bits per heavy atom. The topological polar surface area (TPSA) is 92.8 Å². The summed E-state index contributed by atoms with van der Waals surface area (Å²) in [7, 11) is 0. The van der Waals surface area contributed by atoms with Gasteiger partial charge in [-0.25, -0.2) is 4.79 Å². The van der Waals surface area contributed by atoms with Gasteiger partial charge in [0.1, 0.15) is 0 Å². The second-order valence-electron chi connectivity index (χ2n) is 5.92. The summed E-state index contributed by atoms with van der Waals surface area (Å²) in [5.41, 5.74) is 0.693. The summed E-state index contributed by atoms with van der Waals surface area (Å²) < 4.78 is 4.99. The van der Waals surface area contributed by atoms with Gasteiger partial charge in [0.15, 0.2) is 6.61 Å². The fourth-order valence-corrected chi connectivity index (χ4v) is 2.97. The number of rotatable bonds is 5. The third-order valence-corrected chi connectivity index (χ3v) is 4.49. The van der Waals surface area contributed by atoms with Crippen LogP contribution in [0.15, 0.2) is 42.5 Å². The lowest BCUT2D eigenvalue weighted by molar-refractivity contribution is -0.121. The second-order valence-corrected chi connectivity index (χ2v) is 6.77. The molecule has 1 aliphatic heterocycles. The second kappa shape index (κ2) is 8.41. The molecule has 0 bridgehead atoms. The summed E-state index contributed by atoms with van der Waals surface area (Å²) in [6, 6.07) is 10.5. The molecule has 7 nitrogen and oxygen atoms in total. The van der Waals surface area contributed by atoms with Gasteiger partial charge in [-0.05, 0) is 36.4 Å². The average molecular weight is 421 g/mol. The quantitative estimate of drug-likeness (QED) is 0.590. The molecule has 9 heteroatoms. The summed E-state index contributed by atoms with van der Waals surface area (Å²) >= 11 is 11.8. The van der Waals surface area contributed by atoms with Crippen LogP contribution in [0.25, 0.3) is 0 Å². The maximum atomic E-state index is 12.2. The molecule has 0 unspecified atom stereocenters. The average Bonchev–Trinajstić information content (AvgIpc) is 3.01. The lowest BCUT2D eigenvalue weighted by Crippen LogP contribution is -2.28. The smallest absolute Gasteiger partial charge is 0.338 e. The number of benzene rings is 2. The monoisotopic (exact) mass is 420 g/mol. The van der Waals surface area contributed by atoms with Crippen molar-refractivity contribution in [3.05, 3.63) is 58.1 Å². The van der Waals surface area contributed by atoms with Gasteiger partial charge in [-0.3, -0.25) is 19.3 Å². The lowest BCUT2D eigenvalue weighted by Gasteiger charge is -2.14. The maximum Gasteiger partial charge on any atom is 0.338 e. The predicted octanol–water partition coefficient (Wildman–Crippen LogP) is 3.44. The number of nitrogens with zero attached hydrogens (tertiary/aromatic N) is 1. The Morgan fingerprint density at radius 3 is 2.46 bits per heavy atom. The van der Waals surface area contributed by atoms with E-state index >= 15 is 0 Å². The SMILES string of the molecule is O=C(COC(=O)c1cccc(N2C(=O)CCC2=O)c1)Nc1cc(Cl)ccc1Cl. The van der Waals surface area contributed by atoms with E-state index in [9.17, 15) is 19.2 Å². The van der Waals surface area contributed by atoms with Crippen molar-refractivity contribution in [2.45, 2.75) is 12.8 Å². The maximum absolute atomic E-state index is 12.2. The van der Waals surface area contributed by atoms with Crippen molar-refractivity contribution in [3.8, 4) is 0 Å². The number of anilines is 2. The van der Waals surface area contributed by atoms with Gasteiger partial charge >= 0.3 is 5.97 Å². The molecule has 28 heavy (non-hydrogen) atoms. The molecular weight excluding hydrogens is 407 g/mol. The van der Waals surface area contributed by atoms with Gasteiger partial charge in [-0.2, -0.15) is 0 Å². The number of halogens is 2. The van der Waals surface area contributed by atoms with Gasteiger partial charge in [0.2, 0.25) is 11.8 Å². The van der Waals surface area contributed by atoms with E-state index in [0.717, 1.165) is 4.90 Å². The number of nitrogens with one attached hydrogen (secondary N) is 1. The largest absolute Gasteiger partial charge is 0.452 e. The Labute approximate surface area is 170 Å². The molecule has 3 rings (SSSR count). The Hall–Kier alpha value is -2.90. The minimum absolute atomic E-state index is 0.110. The van der Waals surface area contributed by atoms with Gasteiger partial charge in [-0.1, -0.05) is 29.3 Å². The normalized spacial score (nSPS) is 13.6. The highest BCUT2D eigenvalue weighted by atomic mass is 35.5. The Morgan fingerprint density at radius 2 is 1.75 bits per heavy atom. The van der Waals surface area contributed by atoms with Crippen LogP contribution in [0.4, 0.5) is 11.4 Å². The summed E-state index contributed by atoms with van der Waals surface area (Å²) in [6.45, 7) is -0.548. The number of imide groups is 1. The molecule has 3 amide bonds. The first kappa shape index (κ1) is 19.9. The minimum Gasteiger partial charge on any atom is -0.452 e. The molecule has 1 N–H and O–H groups in total. The number of ether oxygens (including phenoxy) is 1. The van der Waals surface area contributed by atoms with Crippen molar-refractivity contribution in [1.82, 2.24) is 0 Å². The van der Waals surface area contributed by atoms with Crippen LogP contribution in [0, 0.1) is 0 Å². The lowest BCUT2D eigenvalue weighted by atomic mass is 10.2. The molecule has 0 saturated carbocycles. The molecule has 0 atom stereocenters. The Kier molecular flexibility index (Phi) is 5.96. The molecule has 1 saturated heterocycles. The first-order valence-corrected chi connectivity index (χ1v) is 8.98. The van der Waals surface area contributed by atoms with Crippen LogP contribution in [0.3, 0.4) is 0 Å². The van der Waals surface area contributed by atoms with E-state index in [4.69, 9.17) is 27.9 Å². The molecule has 2 aromatic rings. The zero-order chi connectivity index (χ0) is 20.3. The van der Waals surface area contributed by atoms with Gasteiger partial charge in [0.25, 0.3) is 5.91 Å². The third kappa shape index (κ3) is 4.49. The van der Waals surface area contributed by atoms with Gasteiger partial charge in [-0.15, -0.1) is 0 Å². The van der Waals surface area contributed by atoms with E-state index in [0.29, 0.717) is 10.7 Å². The fraction of sp³-hybridized carbons (Fsp3) is 0.158. The number of esters is 1. The molecular formula is C19H14Cl2N2O5. The Bertz CT molecular complexity index is 961. The summed E-state index contributed by atoms with van der Waals surface area (Å²) in [5, 5.41) is 3.17. The summed E-state index contributed by atoms with van der Waals surface area (Å²) in [5.74, 6) is -2.02. The van der Waals surface area contributed by atoms with E-state index < -0.39 is 18.5 Å². The van der Waals surface area contributed by atoms with Crippen LogP contribution < -0.4 is 10.2 Å². The van der Waals surface area contributed by atoms with Crippen molar-refractivity contribution >= 4 is 58.3 Å². The van der Waals surface area contributed by atoms with Gasteiger partial charge in [0.05, 0.1) is 22.0 Å². The van der Waals surface area contributed by atoms with Crippen molar-refractivity contribution in [2.24, 2.45) is 0 Å². The molecule has 1 aliphatic rings. The number of amides is 3. The van der Waals surface area contributed by atoms with E-state index in [-0.39, 0.29) is 40.9 Å². The first-order chi connectivity index (χ1) is 13.3. The first-order valence-electron chi connectivity index (χ1n) is 8.23. The van der Waals surface area contributed by atoms with Crippen LogP contribution >= 0.6 is 23.2 Å². The number of hydrogen-bond acceptors (Lipinski definition) is 5. The van der Waals surface area contributed by atoms with Crippen LogP contribution in [-0.4, -0.2) is 30.3 Å². The molecule has 144 valence electrons. The standard InChI is InChI=1S/C19H14Cl2N2O5/c20-12-4-5-14(21)15(9-12)22-16(24)10-28-19(27)11-2-1-3-13(8-11)23-17(25)6-7-18(23)26/h1-5,8-9H,6-7,10H2,(H,22,24). The number of carbonyl (C=O) groups is 4. The minimum atomic E-state index is -0.770. The molecule has 0 aromatic heterocycles. The van der Waals surface area contributed by atoms with Crippen molar-refractivity contribution in [2.75, 3.05) is 16.8 Å². The van der Waals surface area contributed by atoms with Crippen molar-refractivity contribution < 1.29 is 23.9 Å². The highest BCUT2D eigenvalue weighted by molar-refractivity contribution is 6.35. The van der Waals surface area contributed by atoms with E-state index in [2.05, 4.69) is 5.32 Å². The van der Waals surface area contributed by atoms with Crippen LogP contribution in [0.5, 0.6) is 0 Å². The van der Waals surface area contributed by atoms with Gasteiger partial charge in [0, 0.05) is 17.9 Å². The predicted molar refractivity (Wildman–Crippen MR) is 104 cm³/mol. The summed E-state index contributed by atoms with van der Waals surface area (Å²) in [4.78, 5) is 48.9. The zero-order valence-electron chi connectivity index (χ0n) is 14.4. The molecule has 1 heterocycles. The molecule has 0 aliphatic carbocycles. The highest BCUT2D eigenvalue weighted by Crippen LogP contribution is 2.26. The fourth-order valence-electron chi connectivity index (χ4n) is 2.63. The molecule has 2 aromatic carbocycles. The van der Waals surface area contributed by atoms with Crippen LogP contribution in [-0.2, 0) is 19.1 Å². The van der Waals surface area contributed by atoms with Crippen molar-refractivity contribution in [3.63, 3.8) is 0 Å². The van der Waals surface area contributed by atoms with Crippen LogP contribution in [0.2, 0.25) is 10.0 Å². The van der Waals surface area contributed by atoms with E-state index in [1.165, 1.54) is 30.3 Å². The zero-order valence-corrected chi connectivity index (χ0v) is 15.9. The number of carbonyl (C=O) groups excluding carboxylic acids is 4. The van der Waals surface area contributed by atoms with Crippen molar-refractivity contribution in [1.29, 1.82) is 0 Å². The molecule has 0 spiro atoms. The third-order valence-electron chi connectivity index (χ3n) is 3.93. The summed E-state index contributed by atoms with van der Waals surface area (Å²) in [6.07, 6.45) is 0.277. The van der Waals surface area contributed by atoms with Gasteiger partial charge < -0.3 is 10.1 Å². The number of hydrogen-bond donors (Lipinski definition) is 1. The van der Waals surface area contributed by atoms with E-state index in [1.54, 1.807) is 12.1 Å². The highest BCUT2D eigenvalue weighted by Gasteiger charge is 2.30. The van der Waals surface area contributed by atoms with E-state index in [1.807, 2.05) is 0 Å².